The van der Waals surface area contributed by atoms with E-state index in [1.165, 1.54) is 5.56 Å². The Balaban J connectivity index is 1.54. The van der Waals surface area contributed by atoms with Crippen molar-refractivity contribution in [2.24, 2.45) is 0 Å². The summed E-state index contributed by atoms with van der Waals surface area (Å²) in [6.45, 7) is 1.57. The first-order valence-corrected chi connectivity index (χ1v) is 8.75. The molecule has 128 valence electrons. The number of carbonyl (C=O) groups is 1. The van der Waals surface area contributed by atoms with E-state index in [1.54, 1.807) is 0 Å². The summed E-state index contributed by atoms with van der Waals surface area (Å²) >= 11 is 0. The highest BCUT2D eigenvalue weighted by molar-refractivity contribution is 5.98. The first-order chi connectivity index (χ1) is 12.2. The number of anilines is 1. The second-order valence-corrected chi connectivity index (χ2v) is 6.58. The van der Waals surface area contributed by atoms with Crippen molar-refractivity contribution < 1.29 is 4.79 Å². The average molecular weight is 334 g/mol. The number of nitrogens with zero attached hydrogens (tertiary/aromatic N) is 2. The number of benzene rings is 1. The van der Waals surface area contributed by atoms with Gasteiger partial charge in [0, 0.05) is 43.2 Å². The van der Waals surface area contributed by atoms with Gasteiger partial charge in [0.15, 0.2) is 0 Å². The van der Waals surface area contributed by atoms with Gasteiger partial charge in [-0.05, 0) is 42.7 Å². The van der Waals surface area contributed by atoms with Crippen molar-refractivity contribution in [3.8, 4) is 0 Å². The number of pyridine rings is 1. The maximum absolute atomic E-state index is 12.9. The largest absolute Gasteiger partial charge is 0.373 e. The van der Waals surface area contributed by atoms with Crippen molar-refractivity contribution in [2.75, 3.05) is 25.5 Å². The number of aromatic nitrogens is 2. The molecule has 0 saturated carbocycles. The normalized spacial score (nSPS) is 17.6. The number of H-pyrrole nitrogens is 1. The Bertz CT molecular complexity index is 868. The molecule has 4 rings (SSSR count). The minimum Gasteiger partial charge on any atom is -0.373 e. The lowest BCUT2D eigenvalue weighted by Gasteiger charge is -2.33. The molecule has 2 aromatic heterocycles. The second-order valence-electron chi connectivity index (χ2n) is 6.58. The Morgan fingerprint density at radius 1 is 1.28 bits per heavy atom. The highest BCUT2D eigenvalue weighted by atomic mass is 16.2. The molecule has 5 nitrogen and oxygen atoms in total. The fourth-order valence-corrected chi connectivity index (χ4v) is 3.63. The number of aromatic amines is 1. The molecule has 0 aliphatic carbocycles. The lowest BCUT2D eigenvalue weighted by molar-refractivity contribution is 0.0702. The number of rotatable bonds is 3. The third kappa shape index (κ3) is 3.09. The van der Waals surface area contributed by atoms with Crippen molar-refractivity contribution in [1.82, 2.24) is 14.9 Å². The molecule has 1 atom stereocenters. The molecular formula is C20H22N4O. The van der Waals surface area contributed by atoms with Gasteiger partial charge in [0.25, 0.3) is 5.91 Å². The third-order valence-electron chi connectivity index (χ3n) is 4.98. The molecule has 0 radical (unpaired) electrons. The highest BCUT2D eigenvalue weighted by Gasteiger charge is 2.26. The summed E-state index contributed by atoms with van der Waals surface area (Å²) in [4.78, 5) is 22.4. The van der Waals surface area contributed by atoms with E-state index in [9.17, 15) is 4.79 Å². The van der Waals surface area contributed by atoms with Gasteiger partial charge in [-0.25, -0.2) is 4.98 Å². The Hall–Kier alpha value is -2.82. The molecular weight excluding hydrogens is 312 g/mol. The van der Waals surface area contributed by atoms with Gasteiger partial charge in [-0.15, -0.1) is 0 Å². The van der Waals surface area contributed by atoms with Crippen LogP contribution in [0.2, 0.25) is 0 Å². The van der Waals surface area contributed by atoms with Gasteiger partial charge in [0.2, 0.25) is 0 Å². The number of hydrogen-bond donors (Lipinski definition) is 2. The van der Waals surface area contributed by atoms with Gasteiger partial charge in [0.1, 0.15) is 11.5 Å². The van der Waals surface area contributed by atoms with Crippen LogP contribution < -0.4 is 5.32 Å². The van der Waals surface area contributed by atoms with Crippen molar-refractivity contribution in [3.63, 3.8) is 0 Å². The van der Waals surface area contributed by atoms with Crippen LogP contribution in [0.1, 0.15) is 34.8 Å². The summed E-state index contributed by atoms with van der Waals surface area (Å²) in [7, 11) is 1.87. The van der Waals surface area contributed by atoms with Crippen LogP contribution in [0.4, 0.5) is 5.82 Å². The molecule has 3 heterocycles. The summed E-state index contributed by atoms with van der Waals surface area (Å²) in [5.74, 6) is 1.32. The Morgan fingerprint density at radius 2 is 2.16 bits per heavy atom. The fourth-order valence-electron chi connectivity index (χ4n) is 3.63. The lowest BCUT2D eigenvalue weighted by atomic mass is 9.91. The number of piperidine rings is 1. The third-order valence-corrected chi connectivity index (χ3v) is 4.98. The van der Waals surface area contributed by atoms with Gasteiger partial charge in [-0.2, -0.15) is 0 Å². The molecule has 3 aromatic rings. The zero-order valence-electron chi connectivity index (χ0n) is 14.3. The number of fused-ring (bicyclic) bond motifs is 1. The summed E-state index contributed by atoms with van der Waals surface area (Å²) in [5.41, 5.74) is 2.92. The summed E-state index contributed by atoms with van der Waals surface area (Å²) in [5, 5.41) is 4.16. The average Bonchev–Trinajstić information content (AvgIpc) is 3.12. The number of likely N-dealkylation sites (tertiary alicyclic amines) is 1. The maximum Gasteiger partial charge on any atom is 0.270 e. The molecule has 0 spiro atoms. The van der Waals surface area contributed by atoms with Crippen LogP contribution in [0, 0.1) is 0 Å². The molecule has 5 heteroatoms. The van der Waals surface area contributed by atoms with E-state index in [2.05, 4.69) is 27.4 Å². The van der Waals surface area contributed by atoms with Crippen molar-refractivity contribution in [3.05, 3.63) is 59.9 Å². The van der Waals surface area contributed by atoms with Crippen molar-refractivity contribution in [2.45, 2.75) is 18.8 Å². The Kier molecular flexibility index (Phi) is 4.14. The predicted molar refractivity (Wildman–Crippen MR) is 100.0 cm³/mol. The molecule has 1 aliphatic rings. The summed E-state index contributed by atoms with van der Waals surface area (Å²) in [6.07, 6.45) is 3.96. The van der Waals surface area contributed by atoms with E-state index in [4.69, 9.17) is 0 Å². The maximum atomic E-state index is 12.9. The van der Waals surface area contributed by atoms with E-state index in [1.807, 2.05) is 48.5 Å². The summed E-state index contributed by atoms with van der Waals surface area (Å²) in [6, 6.07) is 14.1. The zero-order valence-corrected chi connectivity index (χ0v) is 14.3. The molecule has 1 unspecified atom stereocenters. The van der Waals surface area contributed by atoms with Crippen LogP contribution in [0.25, 0.3) is 10.9 Å². The van der Waals surface area contributed by atoms with E-state index in [-0.39, 0.29) is 5.91 Å². The first kappa shape index (κ1) is 15.7. The monoisotopic (exact) mass is 334 g/mol. The molecule has 1 amide bonds. The van der Waals surface area contributed by atoms with Crippen LogP contribution in [0.3, 0.4) is 0 Å². The zero-order chi connectivity index (χ0) is 17.2. The summed E-state index contributed by atoms with van der Waals surface area (Å²) < 4.78 is 0. The number of amides is 1. The van der Waals surface area contributed by atoms with Gasteiger partial charge in [-0.3, -0.25) is 4.79 Å². The van der Waals surface area contributed by atoms with Crippen molar-refractivity contribution in [1.29, 1.82) is 0 Å². The van der Waals surface area contributed by atoms with Crippen LogP contribution in [-0.4, -0.2) is 40.9 Å². The molecule has 1 saturated heterocycles. The Labute approximate surface area is 147 Å². The number of nitrogens with one attached hydrogen (secondary N) is 2. The Morgan fingerprint density at radius 3 is 3.00 bits per heavy atom. The van der Waals surface area contributed by atoms with Crippen LogP contribution >= 0.6 is 0 Å². The number of para-hydroxylation sites is 1. The number of hydrogen-bond acceptors (Lipinski definition) is 3. The smallest absolute Gasteiger partial charge is 0.270 e. The quantitative estimate of drug-likeness (QED) is 0.769. The molecule has 1 aliphatic heterocycles. The van der Waals surface area contributed by atoms with Crippen molar-refractivity contribution >= 4 is 22.6 Å². The second kappa shape index (κ2) is 6.59. The van der Waals surface area contributed by atoms with Crippen LogP contribution in [0.15, 0.2) is 48.7 Å². The molecule has 1 fully saturated rings. The minimum absolute atomic E-state index is 0.0868. The van der Waals surface area contributed by atoms with Gasteiger partial charge < -0.3 is 15.2 Å². The number of carbonyl (C=O) groups excluding carboxylic acids is 1. The van der Waals surface area contributed by atoms with Gasteiger partial charge in [-0.1, -0.05) is 18.2 Å². The lowest BCUT2D eigenvalue weighted by Crippen LogP contribution is -2.39. The topological polar surface area (TPSA) is 61.0 Å². The van der Waals surface area contributed by atoms with E-state index in [0.29, 0.717) is 11.6 Å². The molecule has 2 N–H and O–H groups in total. The molecule has 1 aromatic carbocycles. The minimum atomic E-state index is 0.0868. The SMILES string of the molecule is CNc1cc(C2CCCN(C(=O)c3cc4ccccc4[nH]3)C2)ccn1. The van der Waals surface area contributed by atoms with Crippen LogP contribution in [-0.2, 0) is 0 Å². The fraction of sp³-hybridized carbons (Fsp3) is 0.300. The standard InChI is InChI=1S/C20H22N4O/c1-21-19-12-14(8-9-22-19)16-6-4-10-24(13-16)20(25)18-11-15-5-2-3-7-17(15)23-18/h2-3,5,7-9,11-12,16,23H,4,6,10,13H2,1H3,(H,21,22). The van der Waals surface area contributed by atoms with Gasteiger partial charge in [0.05, 0.1) is 0 Å². The first-order valence-electron chi connectivity index (χ1n) is 8.75. The van der Waals surface area contributed by atoms with Gasteiger partial charge >= 0.3 is 0 Å². The van der Waals surface area contributed by atoms with E-state index in [0.717, 1.165) is 42.7 Å². The molecule has 0 bridgehead atoms. The van der Waals surface area contributed by atoms with E-state index >= 15 is 0 Å². The van der Waals surface area contributed by atoms with Crippen LogP contribution in [0.5, 0.6) is 0 Å². The highest BCUT2D eigenvalue weighted by Crippen LogP contribution is 2.29. The van der Waals surface area contributed by atoms with E-state index < -0.39 is 0 Å². The molecule has 25 heavy (non-hydrogen) atoms. The predicted octanol–water partition coefficient (Wildman–Crippen LogP) is 3.62.